The van der Waals surface area contributed by atoms with Gasteiger partial charge in [-0.15, -0.1) is 0 Å². The van der Waals surface area contributed by atoms with Crippen LogP contribution in [0.2, 0.25) is 0 Å². The zero-order valence-electron chi connectivity index (χ0n) is 53.9. The molecule has 0 bridgehead atoms. The minimum Gasteiger partial charge on any atom is -0.466 e. The highest BCUT2D eigenvalue weighted by molar-refractivity contribution is 5.76. The molecule has 0 spiro atoms. The van der Waals surface area contributed by atoms with Crippen molar-refractivity contribution in [3.63, 3.8) is 0 Å². The van der Waals surface area contributed by atoms with Gasteiger partial charge < -0.3 is 20.3 Å². The van der Waals surface area contributed by atoms with E-state index >= 15 is 0 Å². The molecule has 3 N–H and O–H groups in total. The molecule has 6 heteroatoms. The van der Waals surface area contributed by atoms with Crippen LogP contribution < -0.4 is 5.32 Å². The Bertz CT molecular complexity index is 1190. The number of hydrogen-bond acceptors (Lipinski definition) is 5. The van der Waals surface area contributed by atoms with E-state index in [-0.39, 0.29) is 18.5 Å². The van der Waals surface area contributed by atoms with Crippen LogP contribution in [-0.2, 0) is 14.3 Å². The van der Waals surface area contributed by atoms with Crippen LogP contribution in [0.1, 0.15) is 418 Å². The Balaban J connectivity index is 3.32. The Labute approximate surface area is 495 Å². The molecular weight excluding hydrogens is 971 g/mol. The van der Waals surface area contributed by atoms with Gasteiger partial charge in [-0.05, 0) is 51.4 Å². The molecule has 0 aromatic heterocycles. The first-order valence-electron chi connectivity index (χ1n) is 36.4. The number of unbranched alkanes of at least 4 members (excludes halogenated alkanes) is 56. The third kappa shape index (κ3) is 65.6. The molecule has 0 rings (SSSR count). The summed E-state index contributed by atoms with van der Waals surface area (Å²) in [4.78, 5) is 24.6. The van der Waals surface area contributed by atoms with Crippen LogP contribution in [-0.4, -0.2) is 47.4 Å². The molecule has 1 amide bonds. The quantitative estimate of drug-likeness (QED) is 0.0320. The van der Waals surface area contributed by atoms with Gasteiger partial charge >= 0.3 is 5.97 Å². The van der Waals surface area contributed by atoms with Crippen LogP contribution in [0.4, 0.5) is 0 Å². The zero-order valence-corrected chi connectivity index (χ0v) is 53.9. The maximum Gasteiger partial charge on any atom is 0.305 e. The van der Waals surface area contributed by atoms with Crippen molar-refractivity contribution in [3.8, 4) is 0 Å². The summed E-state index contributed by atoms with van der Waals surface area (Å²) in [6.45, 7) is 4.99. The van der Waals surface area contributed by atoms with E-state index in [1.807, 2.05) is 0 Å². The number of ether oxygens (including phenoxy) is 1. The van der Waals surface area contributed by atoms with Crippen molar-refractivity contribution in [2.45, 2.75) is 431 Å². The van der Waals surface area contributed by atoms with Gasteiger partial charge in [-0.3, -0.25) is 9.59 Å². The van der Waals surface area contributed by atoms with E-state index in [0.29, 0.717) is 25.9 Å². The average Bonchev–Trinajstić information content (AvgIpc) is 3.45. The van der Waals surface area contributed by atoms with E-state index in [2.05, 4.69) is 31.3 Å². The summed E-state index contributed by atoms with van der Waals surface area (Å²) in [7, 11) is 0. The lowest BCUT2D eigenvalue weighted by Gasteiger charge is -2.22. The standard InChI is InChI=1S/C73H143NO5/c1-3-5-7-9-11-13-15-17-19-34-38-41-45-49-53-57-61-65-71(76)70(69-75)74-72(77)66-62-58-54-50-46-42-39-35-32-30-28-26-24-22-20-21-23-25-27-29-31-33-36-40-44-48-52-56-60-64-68-79-73(78)67-63-59-55-51-47-43-37-18-16-14-12-10-8-6-4-2/h18,37,70-71,75-76H,3-17,19-36,38-69H2,1-2H3,(H,74,77)/b37-18-. The van der Waals surface area contributed by atoms with Crippen molar-refractivity contribution in [1.29, 1.82) is 0 Å². The fourth-order valence-electron chi connectivity index (χ4n) is 11.8. The summed E-state index contributed by atoms with van der Waals surface area (Å²) in [5, 5.41) is 23.4. The van der Waals surface area contributed by atoms with E-state index < -0.39 is 12.1 Å². The Morgan fingerprint density at radius 2 is 0.595 bits per heavy atom. The molecule has 79 heavy (non-hydrogen) atoms. The molecule has 6 nitrogen and oxygen atoms in total. The summed E-state index contributed by atoms with van der Waals surface area (Å²) in [6.07, 6.45) is 85.6. The van der Waals surface area contributed by atoms with E-state index in [1.54, 1.807) is 0 Å². The first-order chi connectivity index (χ1) is 39.0. The number of rotatable bonds is 69. The van der Waals surface area contributed by atoms with Gasteiger partial charge in [-0.1, -0.05) is 366 Å². The fourth-order valence-corrected chi connectivity index (χ4v) is 11.8. The molecule has 470 valence electrons. The number of aliphatic hydroxyl groups is 2. The Morgan fingerprint density at radius 1 is 0.342 bits per heavy atom. The largest absolute Gasteiger partial charge is 0.466 e. The van der Waals surface area contributed by atoms with Gasteiger partial charge in [0.05, 0.1) is 25.4 Å². The van der Waals surface area contributed by atoms with Crippen molar-refractivity contribution in [1.82, 2.24) is 5.32 Å². The smallest absolute Gasteiger partial charge is 0.305 e. The zero-order chi connectivity index (χ0) is 57.1. The molecule has 0 aliphatic rings. The van der Waals surface area contributed by atoms with Crippen LogP contribution in [0.25, 0.3) is 0 Å². The third-order valence-electron chi connectivity index (χ3n) is 17.3. The number of hydrogen-bond donors (Lipinski definition) is 3. The van der Waals surface area contributed by atoms with Crippen molar-refractivity contribution in [2.24, 2.45) is 0 Å². The van der Waals surface area contributed by atoms with Gasteiger partial charge in [-0.25, -0.2) is 0 Å². The molecule has 0 heterocycles. The minimum absolute atomic E-state index is 0.0132. The van der Waals surface area contributed by atoms with Gasteiger partial charge in [0, 0.05) is 12.8 Å². The highest BCUT2D eigenvalue weighted by atomic mass is 16.5. The van der Waals surface area contributed by atoms with E-state index in [9.17, 15) is 19.8 Å². The molecule has 2 atom stereocenters. The topological polar surface area (TPSA) is 95.9 Å². The normalized spacial score (nSPS) is 12.5. The first-order valence-corrected chi connectivity index (χ1v) is 36.4. The number of amides is 1. The Morgan fingerprint density at radius 3 is 0.899 bits per heavy atom. The lowest BCUT2D eigenvalue weighted by molar-refractivity contribution is -0.143. The van der Waals surface area contributed by atoms with Crippen molar-refractivity contribution in [2.75, 3.05) is 13.2 Å². The fraction of sp³-hybridized carbons (Fsp3) is 0.945. The highest BCUT2D eigenvalue weighted by Crippen LogP contribution is 2.20. The molecule has 0 saturated heterocycles. The number of allylic oxidation sites excluding steroid dienone is 2. The molecular formula is C73H143NO5. The maximum atomic E-state index is 12.5. The number of carbonyl (C=O) groups is 2. The first kappa shape index (κ1) is 77.6. The van der Waals surface area contributed by atoms with Crippen LogP contribution in [0.5, 0.6) is 0 Å². The van der Waals surface area contributed by atoms with Gasteiger partial charge in [-0.2, -0.15) is 0 Å². The van der Waals surface area contributed by atoms with Crippen LogP contribution in [0.3, 0.4) is 0 Å². The Kier molecular flexibility index (Phi) is 67.9. The van der Waals surface area contributed by atoms with Gasteiger partial charge in [0.25, 0.3) is 0 Å². The average molecular weight is 1110 g/mol. The van der Waals surface area contributed by atoms with E-state index in [4.69, 9.17) is 4.74 Å². The molecule has 0 aromatic carbocycles. The van der Waals surface area contributed by atoms with E-state index in [1.165, 1.54) is 340 Å². The monoisotopic (exact) mass is 1110 g/mol. The van der Waals surface area contributed by atoms with Gasteiger partial charge in [0.2, 0.25) is 5.91 Å². The lowest BCUT2D eigenvalue weighted by atomic mass is 10.0. The second-order valence-corrected chi connectivity index (χ2v) is 25.3. The summed E-state index contributed by atoms with van der Waals surface area (Å²) >= 11 is 0. The van der Waals surface area contributed by atoms with Crippen molar-refractivity contribution >= 4 is 11.9 Å². The molecule has 0 saturated carbocycles. The van der Waals surface area contributed by atoms with Crippen LogP contribution in [0.15, 0.2) is 12.2 Å². The molecule has 0 fully saturated rings. The predicted molar refractivity (Wildman–Crippen MR) is 347 cm³/mol. The van der Waals surface area contributed by atoms with Crippen LogP contribution in [0, 0.1) is 0 Å². The summed E-state index contributed by atoms with van der Waals surface area (Å²) in [5.41, 5.74) is 0. The number of esters is 1. The van der Waals surface area contributed by atoms with Crippen molar-refractivity contribution < 1.29 is 24.5 Å². The number of carbonyl (C=O) groups excluding carboxylic acids is 2. The number of nitrogens with one attached hydrogen (secondary N) is 1. The third-order valence-corrected chi connectivity index (χ3v) is 17.3. The molecule has 2 unspecified atom stereocenters. The number of aliphatic hydroxyl groups excluding tert-OH is 2. The molecule has 0 radical (unpaired) electrons. The molecule has 0 aromatic rings. The molecule has 0 aliphatic carbocycles. The summed E-state index contributed by atoms with van der Waals surface area (Å²) in [6, 6.07) is -0.538. The summed E-state index contributed by atoms with van der Waals surface area (Å²) < 4.78 is 5.49. The highest BCUT2D eigenvalue weighted by Gasteiger charge is 2.20. The molecule has 0 aliphatic heterocycles. The van der Waals surface area contributed by atoms with Crippen molar-refractivity contribution in [3.05, 3.63) is 12.2 Å². The maximum absolute atomic E-state index is 12.5. The predicted octanol–water partition coefficient (Wildman–Crippen LogP) is 23.5. The lowest BCUT2D eigenvalue weighted by Crippen LogP contribution is -2.45. The summed E-state index contributed by atoms with van der Waals surface area (Å²) in [5.74, 6) is -0.0137. The second-order valence-electron chi connectivity index (χ2n) is 25.3. The van der Waals surface area contributed by atoms with E-state index in [0.717, 1.165) is 44.9 Å². The minimum atomic E-state index is -0.661. The van der Waals surface area contributed by atoms with Crippen LogP contribution >= 0.6 is 0 Å². The van der Waals surface area contributed by atoms with Gasteiger partial charge in [0.1, 0.15) is 0 Å². The Hall–Kier alpha value is -1.40. The van der Waals surface area contributed by atoms with Gasteiger partial charge in [0.15, 0.2) is 0 Å². The second kappa shape index (κ2) is 69.1. The SMILES string of the molecule is CCCCCCCC/C=C\CCCCCCCC(=O)OCCCCCCCCCCCCCCCCCCCCCCCCCCCCCCCCC(=O)NC(CO)C(O)CCCCCCCCCCCCCCCCCCC.